The highest BCUT2D eigenvalue weighted by molar-refractivity contribution is 5.75. The minimum absolute atomic E-state index is 0.0645. The van der Waals surface area contributed by atoms with E-state index in [2.05, 4.69) is 15.3 Å². The maximum Gasteiger partial charge on any atom is 0.416 e. The molecule has 0 saturated heterocycles. The molecule has 1 atom stereocenters. The number of hydrogen-bond donors (Lipinski definition) is 2. The van der Waals surface area contributed by atoms with Crippen molar-refractivity contribution in [3.05, 3.63) is 65.4 Å². The number of aromatic nitrogens is 2. The normalized spacial score (nSPS) is 13.0. The number of alkyl halides is 3. The summed E-state index contributed by atoms with van der Waals surface area (Å²) in [4.78, 5) is 7.98. The van der Waals surface area contributed by atoms with Gasteiger partial charge in [-0.05, 0) is 17.7 Å². The lowest BCUT2D eigenvalue weighted by Gasteiger charge is -2.18. The van der Waals surface area contributed by atoms with Gasteiger partial charge in [-0.2, -0.15) is 13.2 Å². The van der Waals surface area contributed by atoms with Gasteiger partial charge in [0.25, 0.3) is 0 Å². The van der Waals surface area contributed by atoms with Gasteiger partial charge in [0.1, 0.15) is 5.82 Å². The number of halogens is 5. The summed E-state index contributed by atoms with van der Waals surface area (Å²) in [6.45, 7) is -0.515. The average Bonchev–Trinajstić information content (AvgIpc) is 2.60. The number of aliphatic hydroxyl groups is 1. The maximum atomic E-state index is 13.3. The van der Waals surface area contributed by atoms with Gasteiger partial charge in [0.15, 0.2) is 11.6 Å². The Kier molecular flexibility index (Phi) is 4.73. The summed E-state index contributed by atoms with van der Waals surface area (Å²) in [6, 6.07) is 5.34. The van der Waals surface area contributed by atoms with Gasteiger partial charge in [-0.15, -0.1) is 0 Å². The first-order valence-electron chi connectivity index (χ1n) is 7.44. The summed E-state index contributed by atoms with van der Waals surface area (Å²) in [5.74, 6) is -2.06. The van der Waals surface area contributed by atoms with Crippen LogP contribution in [0, 0.1) is 11.6 Å². The lowest BCUT2D eigenvalue weighted by Crippen LogP contribution is -2.17. The number of nitrogens with zero attached hydrogens (tertiary/aromatic N) is 2. The summed E-state index contributed by atoms with van der Waals surface area (Å²) in [5, 5.41) is 12.3. The van der Waals surface area contributed by atoms with Crippen molar-refractivity contribution in [1.82, 2.24) is 9.97 Å². The van der Waals surface area contributed by atoms with Crippen LogP contribution in [0.2, 0.25) is 0 Å². The van der Waals surface area contributed by atoms with E-state index < -0.39 is 36.0 Å². The zero-order chi connectivity index (χ0) is 18.9. The van der Waals surface area contributed by atoms with Crippen LogP contribution in [-0.4, -0.2) is 21.7 Å². The molecule has 2 aromatic carbocycles. The van der Waals surface area contributed by atoms with E-state index >= 15 is 0 Å². The maximum absolute atomic E-state index is 13.3. The summed E-state index contributed by atoms with van der Waals surface area (Å²) >= 11 is 0. The van der Waals surface area contributed by atoms with Crippen molar-refractivity contribution in [2.45, 2.75) is 12.2 Å². The number of benzene rings is 2. The zero-order valence-corrected chi connectivity index (χ0v) is 13.1. The highest BCUT2D eigenvalue weighted by Gasteiger charge is 2.31. The Morgan fingerprint density at radius 2 is 1.73 bits per heavy atom. The van der Waals surface area contributed by atoms with Crippen molar-refractivity contribution in [2.75, 3.05) is 11.9 Å². The van der Waals surface area contributed by atoms with Crippen molar-refractivity contribution in [1.29, 1.82) is 0 Å². The predicted molar refractivity (Wildman–Crippen MR) is 84.3 cm³/mol. The molecule has 2 N–H and O–H groups in total. The fourth-order valence-corrected chi connectivity index (χ4v) is 2.42. The molecule has 0 fully saturated rings. The van der Waals surface area contributed by atoms with Crippen molar-refractivity contribution in [3.63, 3.8) is 0 Å². The Morgan fingerprint density at radius 1 is 1.04 bits per heavy atom. The Hall–Kier alpha value is -2.81. The van der Waals surface area contributed by atoms with E-state index in [4.69, 9.17) is 0 Å². The second-order valence-electron chi connectivity index (χ2n) is 5.51. The van der Waals surface area contributed by atoms with E-state index in [9.17, 15) is 27.1 Å². The highest BCUT2D eigenvalue weighted by atomic mass is 19.4. The molecule has 26 heavy (non-hydrogen) atoms. The topological polar surface area (TPSA) is 58.0 Å². The summed E-state index contributed by atoms with van der Waals surface area (Å²) in [7, 11) is 0. The third-order valence-electron chi connectivity index (χ3n) is 3.71. The first kappa shape index (κ1) is 18.0. The zero-order valence-electron chi connectivity index (χ0n) is 13.1. The average molecular weight is 369 g/mol. The molecule has 9 heteroatoms. The van der Waals surface area contributed by atoms with Crippen LogP contribution in [-0.2, 0) is 6.18 Å². The van der Waals surface area contributed by atoms with Gasteiger partial charge in [-0.1, -0.05) is 12.1 Å². The Balaban J connectivity index is 1.91. The van der Waals surface area contributed by atoms with E-state index in [-0.39, 0.29) is 22.4 Å². The molecule has 0 spiro atoms. The van der Waals surface area contributed by atoms with Crippen LogP contribution in [0.5, 0.6) is 0 Å². The molecule has 1 aromatic heterocycles. The van der Waals surface area contributed by atoms with Crippen LogP contribution in [0.3, 0.4) is 0 Å². The highest BCUT2D eigenvalue weighted by Crippen LogP contribution is 2.31. The van der Waals surface area contributed by atoms with Gasteiger partial charge >= 0.3 is 6.18 Å². The molecule has 0 bridgehead atoms. The summed E-state index contributed by atoms with van der Waals surface area (Å²) < 4.78 is 65.0. The number of anilines is 1. The van der Waals surface area contributed by atoms with Crippen molar-refractivity contribution >= 4 is 16.9 Å². The van der Waals surface area contributed by atoms with Gasteiger partial charge in [0.2, 0.25) is 0 Å². The SMILES string of the molecule is OCC(Nc1cnc2cc(F)c(F)cc2n1)c1cccc(C(F)(F)F)c1. The second kappa shape index (κ2) is 6.83. The standard InChI is InChI=1S/C17H12F5N3O/c18-11-5-13-14(6-12(11)19)24-16(7-23-13)25-15(8-26)9-2-1-3-10(4-9)17(20,21)22/h1-7,15,26H,8H2,(H,24,25). The number of aliphatic hydroxyl groups excluding tert-OH is 1. The molecule has 3 rings (SSSR count). The molecule has 136 valence electrons. The molecule has 0 aliphatic carbocycles. The first-order chi connectivity index (χ1) is 12.3. The number of fused-ring (bicyclic) bond motifs is 1. The first-order valence-corrected chi connectivity index (χ1v) is 7.44. The number of nitrogens with one attached hydrogen (secondary N) is 1. The third kappa shape index (κ3) is 3.72. The molecular weight excluding hydrogens is 357 g/mol. The van der Waals surface area contributed by atoms with E-state index in [0.29, 0.717) is 0 Å². The molecular formula is C17H12F5N3O. The monoisotopic (exact) mass is 369 g/mol. The minimum atomic E-state index is -4.51. The quantitative estimate of drug-likeness (QED) is 0.681. The molecule has 0 aliphatic heterocycles. The Morgan fingerprint density at radius 3 is 2.38 bits per heavy atom. The van der Waals surface area contributed by atoms with Crippen LogP contribution in [0.15, 0.2) is 42.6 Å². The van der Waals surface area contributed by atoms with Gasteiger partial charge in [-0.3, -0.25) is 4.98 Å². The van der Waals surface area contributed by atoms with Crippen LogP contribution in [0.1, 0.15) is 17.2 Å². The van der Waals surface area contributed by atoms with Gasteiger partial charge < -0.3 is 10.4 Å². The minimum Gasteiger partial charge on any atom is -0.394 e. The third-order valence-corrected chi connectivity index (χ3v) is 3.71. The Bertz CT molecular complexity index is 945. The molecule has 0 aliphatic rings. The van der Waals surface area contributed by atoms with Gasteiger partial charge in [-0.25, -0.2) is 13.8 Å². The van der Waals surface area contributed by atoms with Crippen LogP contribution in [0.25, 0.3) is 11.0 Å². The lowest BCUT2D eigenvalue weighted by molar-refractivity contribution is -0.137. The second-order valence-corrected chi connectivity index (χ2v) is 5.51. The smallest absolute Gasteiger partial charge is 0.394 e. The summed E-state index contributed by atoms with van der Waals surface area (Å²) in [6.07, 6.45) is -3.30. The predicted octanol–water partition coefficient (Wildman–Crippen LogP) is 4.07. The molecule has 3 aromatic rings. The molecule has 1 unspecified atom stereocenters. The van der Waals surface area contributed by atoms with Crippen LogP contribution in [0.4, 0.5) is 27.8 Å². The fourth-order valence-electron chi connectivity index (χ4n) is 2.42. The largest absolute Gasteiger partial charge is 0.416 e. The number of rotatable bonds is 4. The Labute approximate surface area is 144 Å². The van der Waals surface area contributed by atoms with Crippen molar-refractivity contribution in [3.8, 4) is 0 Å². The summed E-state index contributed by atoms with van der Waals surface area (Å²) in [5.41, 5.74) is -0.476. The van der Waals surface area contributed by atoms with Crippen LogP contribution < -0.4 is 5.32 Å². The van der Waals surface area contributed by atoms with E-state index in [0.717, 1.165) is 24.3 Å². The van der Waals surface area contributed by atoms with Gasteiger partial charge in [0, 0.05) is 12.1 Å². The van der Waals surface area contributed by atoms with E-state index in [1.807, 2.05) is 0 Å². The van der Waals surface area contributed by atoms with Crippen LogP contribution >= 0.6 is 0 Å². The lowest BCUT2D eigenvalue weighted by atomic mass is 10.0. The van der Waals surface area contributed by atoms with Crippen molar-refractivity contribution < 1.29 is 27.1 Å². The van der Waals surface area contributed by atoms with E-state index in [1.54, 1.807) is 0 Å². The van der Waals surface area contributed by atoms with Crippen molar-refractivity contribution in [2.24, 2.45) is 0 Å². The fraction of sp³-hybridized carbons (Fsp3) is 0.176. The molecule has 0 amide bonds. The number of hydrogen-bond acceptors (Lipinski definition) is 4. The molecule has 4 nitrogen and oxygen atoms in total. The molecule has 0 saturated carbocycles. The molecule has 1 heterocycles. The van der Waals surface area contributed by atoms with Gasteiger partial charge in [0.05, 0.1) is 35.4 Å². The van der Waals surface area contributed by atoms with E-state index in [1.165, 1.54) is 18.3 Å². The molecule has 0 radical (unpaired) electrons.